The van der Waals surface area contributed by atoms with Crippen LogP contribution in [-0.2, 0) is 9.53 Å². The van der Waals surface area contributed by atoms with Crippen LogP contribution in [0.25, 0.3) is 0 Å². The van der Waals surface area contributed by atoms with Gasteiger partial charge in [0.2, 0.25) is 0 Å². The van der Waals surface area contributed by atoms with Gasteiger partial charge in [0.15, 0.2) is 6.10 Å². The van der Waals surface area contributed by atoms with E-state index in [2.05, 4.69) is 5.32 Å². The summed E-state index contributed by atoms with van der Waals surface area (Å²) in [7, 11) is 0. The number of nitrogens with zero attached hydrogens (tertiary/aromatic N) is 1. The summed E-state index contributed by atoms with van der Waals surface area (Å²) in [5, 5.41) is 14.3. The molecule has 0 unspecified atom stereocenters. The Bertz CT molecular complexity index is 888. The smallest absolute Gasteiger partial charge is 0.339 e. The van der Waals surface area contributed by atoms with E-state index in [1.807, 2.05) is 0 Å². The Hall–Kier alpha value is -2.64. The molecule has 0 fully saturated rings. The minimum Gasteiger partial charge on any atom is -0.449 e. The van der Waals surface area contributed by atoms with Crippen molar-refractivity contribution >= 4 is 40.8 Å². The zero-order chi connectivity index (χ0) is 20.1. The van der Waals surface area contributed by atoms with Gasteiger partial charge in [0.1, 0.15) is 0 Å². The van der Waals surface area contributed by atoms with E-state index >= 15 is 0 Å². The molecule has 27 heavy (non-hydrogen) atoms. The number of esters is 1. The monoisotopic (exact) mass is 410 g/mol. The van der Waals surface area contributed by atoms with Crippen molar-refractivity contribution in [3.63, 3.8) is 0 Å². The Morgan fingerprint density at radius 1 is 1.15 bits per heavy atom. The zero-order valence-electron chi connectivity index (χ0n) is 14.4. The Balaban J connectivity index is 2.01. The number of non-ortho nitro benzene ring substituents is 1. The number of hydrogen-bond acceptors (Lipinski definition) is 5. The topological polar surface area (TPSA) is 98.5 Å². The highest BCUT2D eigenvalue weighted by molar-refractivity contribution is 6.35. The second-order valence-corrected chi connectivity index (χ2v) is 6.59. The summed E-state index contributed by atoms with van der Waals surface area (Å²) in [5.74, 6) is -1.37. The highest BCUT2D eigenvalue weighted by atomic mass is 35.5. The molecule has 0 saturated heterocycles. The molecule has 0 radical (unpaired) electrons. The third kappa shape index (κ3) is 5.42. The molecule has 1 N–H and O–H groups in total. The van der Waals surface area contributed by atoms with Gasteiger partial charge in [-0.1, -0.05) is 35.3 Å². The first-order valence-corrected chi connectivity index (χ1v) is 8.65. The summed E-state index contributed by atoms with van der Waals surface area (Å²) in [5.41, 5.74) is 0.400. The number of nitro benzene ring substituents is 1. The number of carbonyl (C=O) groups excluding carboxylic acids is 2. The molecule has 2 aromatic carbocycles. The van der Waals surface area contributed by atoms with Gasteiger partial charge in [0.25, 0.3) is 11.6 Å². The summed E-state index contributed by atoms with van der Waals surface area (Å²) in [6, 6.07) is 9.54. The van der Waals surface area contributed by atoms with Gasteiger partial charge in [0, 0.05) is 22.2 Å². The van der Waals surface area contributed by atoms with Crippen LogP contribution in [0.4, 0.5) is 5.69 Å². The van der Waals surface area contributed by atoms with Crippen LogP contribution in [0.2, 0.25) is 10.0 Å². The van der Waals surface area contributed by atoms with E-state index in [-0.39, 0.29) is 11.3 Å². The minimum atomic E-state index is -1.11. The molecule has 0 saturated carbocycles. The van der Waals surface area contributed by atoms with Crippen molar-refractivity contribution in [2.45, 2.75) is 26.0 Å². The number of benzene rings is 2. The number of amides is 1. The van der Waals surface area contributed by atoms with Gasteiger partial charge in [-0.15, -0.1) is 0 Å². The SMILES string of the molecule is C[C@H](OC(=O)c1cccc([N+](=O)[O-])c1)C(=O)N[C@H](C)c1ccc(Cl)cc1Cl. The highest BCUT2D eigenvalue weighted by Gasteiger charge is 2.22. The van der Waals surface area contributed by atoms with Gasteiger partial charge in [-0.25, -0.2) is 4.79 Å². The van der Waals surface area contributed by atoms with Gasteiger partial charge in [0.05, 0.1) is 16.5 Å². The van der Waals surface area contributed by atoms with Crippen molar-refractivity contribution in [1.82, 2.24) is 5.32 Å². The molecule has 9 heteroatoms. The van der Waals surface area contributed by atoms with Crippen LogP contribution >= 0.6 is 23.2 Å². The standard InChI is InChI=1S/C18H16Cl2N2O5/c1-10(15-7-6-13(19)9-16(15)20)21-17(23)11(2)27-18(24)12-4-3-5-14(8-12)22(25)26/h3-11H,1-2H3,(H,21,23)/t10-,11+/m1/s1. The number of nitro groups is 1. The lowest BCUT2D eigenvalue weighted by molar-refractivity contribution is -0.384. The predicted molar refractivity (Wildman–Crippen MR) is 101 cm³/mol. The number of hydrogen-bond donors (Lipinski definition) is 1. The quantitative estimate of drug-likeness (QED) is 0.434. The van der Waals surface area contributed by atoms with Crippen LogP contribution in [0.5, 0.6) is 0 Å². The van der Waals surface area contributed by atoms with Crippen molar-refractivity contribution in [3.8, 4) is 0 Å². The molecule has 2 rings (SSSR count). The van der Waals surface area contributed by atoms with Gasteiger partial charge < -0.3 is 10.1 Å². The second kappa shape index (κ2) is 8.83. The van der Waals surface area contributed by atoms with Crippen molar-refractivity contribution < 1.29 is 19.2 Å². The van der Waals surface area contributed by atoms with Crippen molar-refractivity contribution in [2.75, 3.05) is 0 Å². The summed E-state index contributed by atoms with van der Waals surface area (Å²) >= 11 is 12.0. The fourth-order valence-electron chi connectivity index (χ4n) is 2.29. The lowest BCUT2D eigenvalue weighted by atomic mass is 10.1. The minimum absolute atomic E-state index is 0.0161. The first-order chi connectivity index (χ1) is 12.7. The van der Waals surface area contributed by atoms with Gasteiger partial charge in [-0.3, -0.25) is 14.9 Å². The fraction of sp³-hybridized carbons (Fsp3) is 0.222. The molecule has 2 aromatic rings. The highest BCUT2D eigenvalue weighted by Crippen LogP contribution is 2.26. The first-order valence-electron chi connectivity index (χ1n) is 7.89. The Morgan fingerprint density at radius 3 is 2.48 bits per heavy atom. The predicted octanol–water partition coefficient (Wildman–Crippen LogP) is 4.32. The van der Waals surface area contributed by atoms with E-state index in [4.69, 9.17) is 27.9 Å². The average Bonchev–Trinajstić information content (AvgIpc) is 2.61. The van der Waals surface area contributed by atoms with E-state index in [0.717, 1.165) is 6.07 Å². The van der Waals surface area contributed by atoms with Crippen molar-refractivity contribution in [3.05, 3.63) is 73.8 Å². The number of rotatable bonds is 6. The first kappa shape index (κ1) is 20.7. The summed E-state index contributed by atoms with van der Waals surface area (Å²) in [4.78, 5) is 34.6. The molecular formula is C18H16Cl2N2O5. The van der Waals surface area contributed by atoms with Crippen LogP contribution in [-0.4, -0.2) is 22.9 Å². The van der Waals surface area contributed by atoms with Crippen LogP contribution in [0.15, 0.2) is 42.5 Å². The molecule has 142 valence electrons. The average molecular weight is 411 g/mol. The molecule has 7 nitrogen and oxygen atoms in total. The molecule has 1 amide bonds. The lowest BCUT2D eigenvalue weighted by Crippen LogP contribution is -2.37. The van der Waals surface area contributed by atoms with Gasteiger partial charge >= 0.3 is 5.97 Å². The molecule has 0 spiro atoms. The third-order valence-corrected chi connectivity index (χ3v) is 4.30. The normalized spacial score (nSPS) is 12.7. The van der Waals surface area contributed by atoms with Crippen LogP contribution in [0.1, 0.15) is 35.8 Å². The van der Waals surface area contributed by atoms with E-state index in [1.54, 1.807) is 25.1 Å². The molecule has 0 aliphatic rings. The largest absolute Gasteiger partial charge is 0.449 e. The zero-order valence-corrected chi connectivity index (χ0v) is 16.0. The summed E-state index contributed by atoms with van der Waals surface area (Å²) in [6.07, 6.45) is -1.11. The van der Waals surface area contributed by atoms with E-state index in [9.17, 15) is 19.7 Å². The number of ether oxygens (including phenoxy) is 1. The van der Waals surface area contributed by atoms with Crippen molar-refractivity contribution in [1.29, 1.82) is 0 Å². The van der Waals surface area contributed by atoms with E-state index in [1.165, 1.54) is 25.1 Å². The molecule has 2 atom stereocenters. The molecule has 0 aliphatic heterocycles. The molecule has 0 bridgehead atoms. The number of carbonyl (C=O) groups is 2. The number of halogens is 2. The second-order valence-electron chi connectivity index (χ2n) is 5.75. The maximum Gasteiger partial charge on any atom is 0.339 e. The van der Waals surface area contributed by atoms with Crippen LogP contribution in [0.3, 0.4) is 0 Å². The van der Waals surface area contributed by atoms with Crippen LogP contribution in [0, 0.1) is 10.1 Å². The Kier molecular flexibility index (Phi) is 6.76. The number of nitrogens with one attached hydrogen (secondary N) is 1. The van der Waals surface area contributed by atoms with E-state index < -0.39 is 28.9 Å². The molecule has 0 heterocycles. The third-order valence-electron chi connectivity index (χ3n) is 3.73. The maximum absolute atomic E-state index is 12.3. The Morgan fingerprint density at radius 2 is 1.85 bits per heavy atom. The van der Waals surface area contributed by atoms with Gasteiger partial charge in [-0.05, 0) is 37.6 Å². The van der Waals surface area contributed by atoms with E-state index in [0.29, 0.717) is 15.6 Å². The molecule has 0 aliphatic carbocycles. The molecular weight excluding hydrogens is 395 g/mol. The van der Waals surface area contributed by atoms with Crippen LogP contribution < -0.4 is 5.32 Å². The fourth-order valence-corrected chi connectivity index (χ4v) is 2.86. The molecule has 0 aromatic heterocycles. The van der Waals surface area contributed by atoms with Crippen molar-refractivity contribution in [2.24, 2.45) is 0 Å². The Labute approximate surface area is 165 Å². The lowest BCUT2D eigenvalue weighted by Gasteiger charge is -2.19. The summed E-state index contributed by atoms with van der Waals surface area (Å²) < 4.78 is 5.09. The summed E-state index contributed by atoms with van der Waals surface area (Å²) in [6.45, 7) is 3.13. The maximum atomic E-state index is 12.3. The van der Waals surface area contributed by atoms with Gasteiger partial charge in [-0.2, -0.15) is 0 Å².